The Morgan fingerprint density at radius 3 is 2.75 bits per heavy atom. The number of hydrogen-bond acceptors (Lipinski definition) is 3. The van der Waals surface area contributed by atoms with Crippen LogP contribution in [0.2, 0.25) is 0 Å². The summed E-state index contributed by atoms with van der Waals surface area (Å²) >= 11 is 0. The zero-order chi connectivity index (χ0) is 20.5. The fourth-order valence-corrected chi connectivity index (χ4v) is 4.78. The predicted molar refractivity (Wildman–Crippen MR) is 115 cm³/mol. The number of rotatable bonds is 12. The van der Waals surface area contributed by atoms with Crippen LogP contribution in [0.25, 0.3) is 0 Å². The van der Waals surface area contributed by atoms with Crippen molar-refractivity contribution in [1.29, 1.82) is 0 Å². The van der Waals surface area contributed by atoms with Gasteiger partial charge in [0, 0.05) is 26.4 Å². The van der Waals surface area contributed by atoms with Gasteiger partial charge in [0.1, 0.15) is 0 Å². The van der Waals surface area contributed by atoms with E-state index in [1.807, 2.05) is 20.2 Å². The zero-order valence-electron chi connectivity index (χ0n) is 18.1. The summed E-state index contributed by atoms with van der Waals surface area (Å²) in [6.07, 6.45) is 16.9. The molecule has 5 atom stereocenters. The van der Waals surface area contributed by atoms with Crippen molar-refractivity contribution >= 4 is 5.91 Å². The van der Waals surface area contributed by atoms with Gasteiger partial charge < -0.3 is 15.1 Å². The first-order valence-electron chi connectivity index (χ1n) is 11.4. The van der Waals surface area contributed by atoms with E-state index in [-0.39, 0.29) is 24.0 Å². The van der Waals surface area contributed by atoms with Crippen LogP contribution in [-0.2, 0) is 4.79 Å². The normalized spacial score (nSPS) is 27.8. The Labute approximate surface area is 171 Å². The van der Waals surface area contributed by atoms with Gasteiger partial charge in [-0.1, -0.05) is 56.4 Å². The Kier molecular flexibility index (Phi) is 9.73. The molecule has 0 heterocycles. The highest BCUT2D eigenvalue weighted by atomic mass is 16.3. The maximum absolute atomic E-state index is 11.7. The molecule has 2 aliphatic carbocycles. The van der Waals surface area contributed by atoms with E-state index in [2.05, 4.69) is 19.1 Å². The molecule has 2 rings (SSSR count). The maximum atomic E-state index is 11.7. The molecular formula is C24H41NO3. The quantitative estimate of drug-likeness (QED) is 0.381. The van der Waals surface area contributed by atoms with E-state index >= 15 is 0 Å². The third-order valence-electron chi connectivity index (χ3n) is 6.50. The van der Waals surface area contributed by atoms with Crippen LogP contribution in [0.1, 0.15) is 77.6 Å². The van der Waals surface area contributed by atoms with Crippen LogP contribution in [0.15, 0.2) is 23.8 Å². The molecule has 0 radical (unpaired) electrons. The van der Waals surface area contributed by atoms with Crippen LogP contribution in [0, 0.1) is 17.8 Å². The first-order valence-corrected chi connectivity index (χ1v) is 11.4. The van der Waals surface area contributed by atoms with E-state index in [1.165, 1.54) is 24.8 Å². The molecule has 0 saturated heterocycles. The Morgan fingerprint density at radius 1 is 1.25 bits per heavy atom. The molecule has 1 amide bonds. The van der Waals surface area contributed by atoms with Gasteiger partial charge in [0.05, 0.1) is 12.2 Å². The second kappa shape index (κ2) is 11.8. The first kappa shape index (κ1) is 23.2. The highest BCUT2D eigenvalue weighted by molar-refractivity contribution is 5.75. The van der Waals surface area contributed by atoms with Gasteiger partial charge in [0.25, 0.3) is 0 Å². The highest BCUT2D eigenvalue weighted by Crippen LogP contribution is 2.48. The third kappa shape index (κ3) is 7.04. The molecule has 0 bridgehead atoms. The number of nitrogens with zero attached hydrogens (tertiary/aromatic N) is 1. The lowest BCUT2D eigenvalue weighted by atomic mass is 9.88. The SMILES string of the molecule is CCCCCC[C@@H](O)/C=C/[C@@H]1[C@H]2CC(CCCCC(=O)N(C)C)=C[C@H]2C[C@H]1O. The average molecular weight is 392 g/mol. The van der Waals surface area contributed by atoms with Crippen LogP contribution in [-0.4, -0.2) is 47.3 Å². The summed E-state index contributed by atoms with van der Waals surface area (Å²) in [7, 11) is 3.62. The topological polar surface area (TPSA) is 60.8 Å². The summed E-state index contributed by atoms with van der Waals surface area (Å²) in [5, 5.41) is 20.7. The summed E-state index contributed by atoms with van der Waals surface area (Å²) in [6.45, 7) is 2.20. The summed E-state index contributed by atoms with van der Waals surface area (Å²) < 4.78 is 0. The molecule has 0 aliphatic heterocycles. The van der Waals surface area contributed by atoms with E-state index in [9.17, 15) is 15.0 Å². The van der Waals surface area contributed by atoms with Crippen molar-refractivity contribution in [1.82, 2.24) is 4.90 Å². The minimum atomic E-state index is -0.383. The average Bonchev–Trinajstić information content (AvgIpc) is 3.16. The van der Waals surface area contributed by atoms with E-state index < -0.39 is 0 Å². The van der Waals surface area contributed by atoms with Gasteiger partial charge in [-0.3, -0.25) is 4.79 Å². The number of amides is 1. The van der Waals surface area contributed by atoms with Crippen LogP contribution in [0.3, 0.4) is 0 Å². The minimum Gasteiger partial charge on any atom is -0.392 e. The largest absolute Gasteiger partial charge is 0.392 e. The van der Waals surface area contributed by atoms with Crippen molar-refractivity contribution in [3.63, 3.8) is 0 Å². The Morgan fingerprint density at radius 2 is 2.04 bits per heavy atom. The molecule has 0 aromatic heterocycles. The van der Waals surface area contributed by atoms with Gasteiger partial charge in [-0.2, -0.15) is 0 Å². The van der Waals surface area contributed by atoms with Crippen molar-refractivity contribution in [3.8, 4) is 0 Å². The lowest BCUT2D eigenvalue weighted by Crippen LogP contribution is -2.21. The van der Waals surface area contributed by atoms with Crippen LogP contribution >= 0.6 is 0 Å². The summed E-state index contributed by atoms with van der Waals surface area (Å²) in [5.41, 5.74) is 1.50. The van der Waals surface area contributed by atoms with Crippen LogP contribution < -0.4 is 0 Å². The molecule has 0 unspecified atom stereocenters. The van der Waals surface area contributed by atoms with E-state index in [0.29, 0.717) is 18.3 Å². The van der Waals surface area contributed by atoms with Crippen LogP contribution in [0.5, 0.6) is 0 Å². The highest BCUT2D eigenvalue weighted by Gasteiger charge is 2.43. The van der Waals surface area contributed by atoms with Crippen molar-refractivity contribution in [2.24, 2.45) is 17.8 Å². The molecule has 0 aromatic rings. The summed E-state index contributed by atoms with van der Waals surface area (Å²) in [4.78, 5) is 13.3. The molecule has 2 aliphatic rings. The molecule has 4 nitrogen and oxygen atoms in total. The predicted octanol–water partition coefficient (Wildman–Crippen LogP) is 4.47. The monoisotopic (exact) mass is 391 g/mol. The standard InChI is InChI=1S/C24H41NO3/c1-4-5-6-7-11-20(26)13-14-21-22-16-18(15-19(22)17-23(21)27)10-8-9-12-24(28)25(2)3/h13-15,19-23,26-27H,4-12,16-17H2,1-3H3/b14-13+/t19-,20+,21+,22-,23+/m0/s1. The number of unbranched alkanes of at least 4 members (excludes halogenated alkanes) is 4. The molecule has 1 fully saturated rings. The summed E-state index contributed by atoms with van der Waals surface area (Å²) in [5.74, 6) is 1.33. The van der Waals surface area contributed by atoms with Crippen molar-refractivity contribution in [2.45, 2.75) is 89.8 Å². The number of allylic oxidation sites excluding steroid dienone is 2. The van der Waals surface area contributed by atoms with Gasteiger partial charge in [-0.15, -0.1) is 0 Å². The lowest BCUT2D eigenvalue weighted by Gasteiger charge is -2.19. The Bertz CT molecular complexity index is 540. The lowest BCUT2D eigenvalue weighted by molar-refractivity contribution is -0.128. The Balaban J connectivity index is 1.74. The fraction of sp³-hybridized carbons (Fsp3) is 0.792. The van der Waals surface area contributed by atoms with Gasteiger partial charge in [0.2, 0.25) is 5.91 Å². The molecule has 160 valence electrons. The van der Waals surface area contributed by atoms with Gasteiger partial charge >= 0.3 is 0 Å². The van der Waals surface area contributed by atoms with E-state index in [0.717, 1.165) is 44.9 Å². The second-order valence-corrected chi connectivity index (χ2v) is 9.03. The summed E-state index contributed by atoms with van der Waals surface area (Å²) in [6, 6.07) is 0. The van der Waals surface area contributed by atoms with Gasteiger partial charge in [-0.25, -0.2) is 0 Å². The second-order valence-electron chi connectivity index (χ2n) is 9.03. The molecule has 4 heteroatoms. The molecule has 2 N–H and O–H groups in total. The fourth-order valence-electron chi connectivity index (χ4n) is 4.78. The number of carbonyl (C=O) groups is 1. The molecule has 28 heavy (non-hydrogen) atoms. The first-order chi connectivity index (χ1) is 13.4. The van der Waals surface area contributed by atoms with Gasteiger partial charge in [-0.05, 0) is 50.4 Å². The molecular weight excluding hydrogens is 350 g/mol. The van der Waals surface area contributed by atoms with E-state index in [4.69, 9.17) is 0 Å². The van der Waals surface area contributed by atoms with Crippen molar-refractivity contribution in [3.05, 3.63) is 23.8 Å². The number of hydrogen-bond donors (Lipinski definition) is 2. The molecule has 0 aromatic carbocycles. The Hall–Kier alpha value is -1.13. The number of aliphatic hydroxyl groups excluding tert-OH is 2. The van der Waals surface area contributed by atoms with E-state index in [1.54, 1.807) is 4.90 Å². The smallest absolute Gasteiger partial charge is 0.222 e. The molecule has 1 saturated carbocycles. The van der Waals surface area contributed by atoms with Crippen molar-refractivity contribution < 1.29 is 15.0 Å². The number of aliphatic hydroxyl groups is 2. The maximum Gasteiger partial charge on any atom is 0.222 e. The minimum absolute atomic E-state index is 0.166. The number of fused-ring (bicyclic) bond motifs is 1. The molecule has 0 spiro atoms. The van der Waals surface area contributed by atoms with Crippen LogP contribution in [0.4, 0.5) is 0 Å². The van der Waals surface area contributed by atoms with Crippen molar-refractivity contribution in [2.75, 3.05) is 14.1 Å². The van der Waals surface area contributed by atoms with Gasteiger partial charge in [0.15, 0.2) is 0 Å². The third-order valence-corrected chi connectivity index (χ3v) is 6.50. The zero-order valence-corrected chi connectivity index (χ0v) is 18.1. The number of carbonyl (C=O) groups excluding carboxylic acids is 1.